The average molecular weight is 430 g/mol. The predicted molar refractivity (Wildman–Crippen MR) is 117 cm³/mol. The molecule has 0 unspecified atom stereocenters. The Morgan fingerprint density at radius 2 is 1.77 bits per heavy atom. The van der Waals surface area contributed by atoms with Crippen LogP contribution in [0.2, 0.25) is 0 Å². The van der Waals surface area contributed by atoms with Crippen molar-refractivity contribution in [3.8, 4) is 0 Å². The van der Waals surface area contributed by atoms with E-state index in [1.165, 1.54) is 18.4 Å². The van der Waals surface area contributed by atoms with Crippen LogP contribution in [0, 0.1) is 0 Å². The molecule has 1 aromatic carbocycles. The van der Waals surface area contributed by atoms with E-state index in [1.54, 1.807) is 24.1 Å². The first-order valence-corrected chi connectivity index (χ1v) is 10.6. The Balaban J connectivity index is 1.88. The van der Waals surface area contributed by atoms with Gasteiger partial charge in [0.05, 0.1) is 19.2 Å². The van der Waals surface area contributed by atoms with E-state index in [2.05, 4.69) is 31.4 Å². The van der Waals surface area contributed by atoms with Gasteiger partial charge in [0.2, 0.25) is 0 Å². The SMILES string of the molecule is CNC(=O)c1c(NC(=O)c2ccc(C(C)(C)C)cc2)sc2c1CCN(C(=O)OC)C2. The van der Waals surface area contributed by atoms with Crippen LogP contribution in [0.1, 0.15) is 57.5 Å². The number of hydrogen-bond acceptors (Lipinski definition) is 5. The number of anilines is 1. The second kappa shape index (κ2) is 8.47. The number of amides is 3. The minimum atomic E-state index is -0.403. The molecule has 2 heterocycles. The zero-order valence-corrected chi connectivity index (χ0v) is 18.7. The summed E-state index contributed by atoms with van der Waals surface area (Å²) in [5, 5.41) is 6.05. The minimum Gasteiger partial charge on any atom is -0.453 e. The van der Waals surface area contributed by atoms with Gasteiger partial charge in [-0.2, -0.15) is 0 Å². The van der Waals surface area contributed by atoms with Crippen molar-refractivity contribution in [2.75, 3.05) is 26.0 Å². The number of carbonyl (C=O) groups excluding carboxylic acids is 3. The maximum absolute atomic E-state index is 12.8. The number of benzene rings is 1. The van der Waals surface area contributed by atoms with Crippen LogP contribution in [-0.2, 0) is 23.1 Å². The van der Waals surface area contributed by atoms with Gasteiger partial charge in [-0.05, 0) is 35.1 Å². The Morgan fingerprint density at radius 3 is 2.33 bits per heavy atom. The molecule has 3 rings (SSSR count). The molecule has 0 radical (unpaired) electrons. The largest absolute Gasteiger partial charge is 0.453 e. The topological polar surface area (TPSA) is 87.7 Å². The fourth-order valence-corrected chi connectivity index (χ4v) is 4.69. The van der Waals surface area contributed by atoms with Crippen LogP contribution < -0.4 is 10.6 Å². The summed E-state index contributed by atoms with van der Waals surface area (Å²) in [7, 11) is 2.91. The highest BCUT2D eigenvalue weighted by atomic mass is 32.1. The number of carbonyl (C=O) groups is 3. The normalized spacial score (nSPS) is 13.4. The molecule has 2 N–H and O–H groups in total. The van der Waals surface area contributed by atoms with Crippen LogP contribution in [0.15, 0.2) is 24.3 Å². The second-order valence-corrected chi connectivity index (χ2v) is 9.32. The van der Waals surface area contributed by atoms with Gasteiger partial charge in [0.25, 0.3) is 11.8 Å². The van der Waals surface area contributed by atoms with Gasteiger partial charge in [0.15, 0.2) is 0 Å². The molecule has 8 heteroatoms. The minimum absolute atomic E-state index is 0.000289. The van der Waals surface area contributed by atoms with Crippen LogP contribution in [0.25, 0.3) is 0 Å². The van der Waals surface area contributed by atoms with Crippen LogP contribution in [0.5, 0.6) is 0 Å². The zero-order chi connectivity index (χ0) is 22.1. The summed E-state index contributed by atoms with van der Waals surface area (Å²) < 4.78 is 4.81. The standard InChI is InChI=1S/C22H27N3O4S/c1-22(2,3)14-8-6-13(7-9-14)18(26)24-20-17(19(27)23-4)15-10-11-25(21(28)29-5)12-16(15)30-20/h6-9H,10-12H2,1-5H3,(H,23,27)(H,24,26). The van der Waals surface area contributed by atoms with E-state index < -0.39 is 6.09 Å². The lowest BCUT2D eigenvalue weighted by atomic mass is 9.87. The molecule has 1 aliphatic rings. The van der Waals surface area contributed by atoms with Crippen molar-refractivity contribution < 1.29 is 19.1 Å². The Bertz CT molecular complexity index is 974. The van der Waals surface area contributed by atoms with E-state index in [1.807, 2.05) is 12.1 Å². The van der Waals surface area contributed by atoms with Crippen molar-refractivity contribution in [2.24, 2.45) is 0 Å². The predicted octanol–water partition coefficient (Wildman–Crippen LogP) is 3.78. The Labute approximate surface area is 180 Å². The molecule has 3 amide bonds. The summed E-state index contributed by atoms with van der Waals surface area (Å²) in [6, 6.07) is 7.48. The van der Waals surface area contributed by atoms with Crippen LogP contribution in [0.4, 0.5) is 9.80 Å². The van der Waals surface area contributed by atoms with Gasteiger partial charge in [-0.1, -0.05) is 32.9 Å². The summed E-state index contributed by atoms with van der Waals surface area (Å²) in [5.74, 6) is -0.526. The Kier molecular flexibility index (Phi) is 6.17. The number of fused-ring (bicyclic) bond motifs is 1. The van der Waals surface area contributed by atoms with Crippen LogP contribution in [0.3, 0.4) is 0 Å². The van der Waals surface area contributed by atoms with E-state index in [0.717, 1.165) is 16.0 Å². The van der Waals surface area contributed by atoms with Gasteiger partial charge < -0.3 is 20.3 Å². The van der Waals surface area contributed by atoms with E-state index in [9.17, 15) is 14.4 Å². The smallest absolute Gasteiger partial charge is 0.409 e. The molecule has 0 aliphatic carbocycles. The second-order valence-electron chi connectivity index (χ2n) is 8.21. The molecule has 30 heavy (non-hydrogen) atoms. The van der Waals surface area contributed by atoms with E-state index >= 15 is 0 Å². The maximum Gasteiger partial charge on any atom is 0.409 e. The zero-order valence-electron chi connectivity index (χ0n) is 17.9. The van der Waals surface area contributed by atoms with Crippen molar-refractivity contribution in [1.29, 1.82) is 0 Å². The molecule has 0 spiro atoms. The van der Waals surface area contributed by atoms with Gasteiger partial charge in [-0.3, -0.25) is 9.59 Å². The molecule has 0 atom stereocenters. The van der Waals surface area contributed by atoms with Crippen molar-refractivity contribution in [3.63, 3.8) is 0 Å². The van der Waals surface area contributed by atoms with Gasteiger partial charge >= 0.3 is 6.09 Å². The molecule has 7 nitrogen and oxygen atoms in total. The van der Waals surface area contributed by atoms with Crippen LogP contribution in [-0.4, -0.2) is 43.5 Å². The molecular formula is C22H27N3O4S. The molecule has 160 valence electrons. The summed E-state index contributed by atoms with van der Waals surface area (Å²) in [6.07, 6.45) is 0.125. The van der Waals surface area contributed by atoms with Gasteiger partial charge in [-0.25, -0.2) is 4.79 Å². The molecule has 0 fully saturated rings. The first-order chi connectivity index (χ1) is 14.2. The number of thiophene rings is 1. The highest BCUT2D eigenvalue weighted by molar-refractivity contribution is 7.17. The lowest BCUT2D eigenvalue weighted by Crippen LogP contribution is -2.35. The third-order valence-electron chi connectivity index (χ3n) is 5.18. The Morgan fingerprint density at radius 1 is 1.10 bits per heavy atom. The molecule has 1 aromatic heterocycles. The summed E-state index contributed by atoms with van der Waals surface area (Å²) in [6.45, 7) is 7.16. The van der Waals surface area contributed by atoms with Gasteiger partial charge in [-0.15, -0.1) is 11.3 Å². The number of methoxy groups -OCH3 is 1. The van der Waals surface area contributed by atoms with E-state index in [-0.39, 0.29) is 17.2 Å². The number of hydrogen-bond donors (Lipinski definition) is 2. The van der Waals surface area contributed by atoms with Crippen LogP contribution >= 0.6 is 11.3 Å². The van der Waals surface area contributed by atoms with Gasteiger partial charge in [0.1, 0.15) is 5.00 Å². The van der Waals surface area contributed by atoms with Crippen molar-refractivity contribution in [2.45, 2.75) is 39.2 Å². The quantitative estimate of drug-likeness (QED) is 0.777. The summed E-state index contributed by atoms with van der Waals surface area (Å²) >= 11 is 1.33. The highest BCUT2D eigenvalue weighted by Crippen LogP contribution is 2.37. The molecule has 2 aromatic rings. The summed E-state index contributed by atoms with van der Waals surface area (Å²) in [4.78, 5) is 39.7. The first-order valence-electron chi connectivity index (χ1n) is 9.77. The Hall–Kier alpha value is -2.87. The number of nitrogens with one attached hydrogen (secondary N) is 2. The molecule has 1 aliphatic heterocycles. The van der Waals surface area contributed by atoms with Gasteiger partial charge in [0, 0.05) is 24.0 Å². The maximum atomic E-state index is 12.8. The average Bonchev–Trinajstić information content (AvgIpc) is 3.08. The number of ether oxygens (including phenoxy) is 1. The third kappa shape index (κ3) is 4.33. The first kappa shape index (κ1) is 21.8. The number of rotatable bonds is 3. The summed E-state index contributed by atoms with van der Waals surface area (Å²) in [5.41, 5.74) is 3.01. The lowest BCUT2D eigenvalue weighted by Gasteiger charge is -2.25. The third-order valence-corrected chi connectivity index (χ3v) is 6.32. The van der Waals surface area contributed by atoms with E-state index in [0.29, 0.717) is 35.6 Å². The lowest BCUT2D eigenvalue weighted by molar-refractivity contribution is 0.0962. The van der Waals surface area contributed by atoms with Crippen molar-refractivity contribution >= 4 is 34.2 Å². The fourth-order valence-electron chi connectivity index (χ4n) is 3.44. The highest BCUT2D eigenvalue weighted by Gasteiger charge is 2.30. The van der Waals surface area contributed by atoms with Crippen molar-refractivity contribution in [1.82, 2.24) is 10.2 Å². The number of nitrogens with zero attached hydrogens (tertiary/aromatic N) is 1. The van der Waals surface area contributed by atoms with E-state index in [4.69, 9.17) is 4.74 Å². The molecule has 0 bridgehead atoms. The van der Waals surface area contributed by atoms with Crippen molar-refractivity contribution in [3.05, 3.63) is 51.4 Å². The molecular weight excluding hydrogens is 402 g/mol. The molecule has 0 saturated heterocycles. The monoisotopic (exact) mass is 429 g/mol. The fraction of sp³-hybridized carbons (Fsp3) is 0.409. The molecule has 0 saturated carbocycles.